The van der Waals surface area contributed by atoms with Crippen LogP contribution in [0.4, 0.5) is 0 Å². The van der Waals surface area contributed by atoms with E-state index in [0.717, 1.165) is 25.0 Å². The van der Waals surface area contributed by atoms with Gasteiger partial charge in [-0.25, -0.2) is 4.98 Å². The third kappa shape index (κ3) is 2.24. The summed E-state index contributed by atoms with van der Waals surface area (Å²) in [6.07, 6.45) is 0. The van der Waals surface area contributed by atoms with Crippen molar-refractivity contribution in [3.63, 3.8) is 0 Å². The Morgan fingerprint density at radius 2 is 2.14 bits per heavy atom. The van der Waals surface area contributed by atoms with Gasteiger partial charge >= 0.3 is 0 Å². The molecule has 0 amide bonds. The van der Waals surface area contributed by atoms with Crippen LogP contribution in [0.15, 0.2) is 18.2 Å². The van der Waals surface area contributed by atoms with Gasteiger partial charge in [-0.1, -0.05) is 11.6 Å². The quantitative estimate of drug-likeness (QED) is 0.741. The molecule has 72 valence electrons. The Balaban J connectivity index is 2.51. The van der Waals surface area contributed by atoms with E-state index in [1.165, 1.54) is 11.5 Å². The van der Waals surface area contributed by atoms with Crippen molar-refractivity contribution in [3.05, 3.63) is 32.6 Å². The fourth-order valence-electron chi connectivity index (χ4n) is 1.18. The molecule has 0 bridgehead atoms. The summed E-state index contributed by atoms with van der Waals surface area (Å²) in [6, 6.07) is 5.89. The molecule has 0 N–H and O–H groups in total. The second kappa shape index (κ2) is 4.12. The van der Waals surface area contributed by atoms with Crippen LogP contribution in [0, 0.1) is 10.8 Å². The first kappa shape index (κ1) is 10.3. The lowest BCUT2D eigenvalue weighted by Crippen LogP contribution is -1.79. The van der Waals surface area contributed by atoms with Gasteiger partial charge in [0, 0.05) is 33.2 Å². The third-order valence-corrected chi connectivity index (χ3v) is 3.48. The van der Waals surface area contributed by atoms with Gasteiger partial charge in [0.05, 0.1) is 0 Å². The summed E-state index contributed by atoms with van der Waals surface area (Å²) >= 11 is 9.45. The van der Waals surface area contributed by atoms with Crippen molar-refractivity contribution in [1.82, 2.24) is 9.36 Å². The maximum Gasteiger partial charge on any atom is 0.203 e. The fraction of sp³-hybridized carbons (Fsp3) is 0.111. The summed E-state index contributed by atoms with van der Waals surface area (Å²) in [6.45, 7) is 2.02. The maximum atomic E-state index is 5.96. The van der Waals surface area contributed by atoms with Crippen molar-refractivity contribution in [2.45, 2.75) is 6.92 Å². The van der Waals surface area contributed by atoms with Crippen LogP contribution in [0.1, 0.15) is 5.56 Å². The zero-order valence-corrected chi connectivity index (χ0v) is 11.0. The summed E-state index contributed by atoms with van der Waals surface area (Å²) in [4.78, 5) is 4.30. The van der Waals surface area contributed by atoms with Crippen LogP contribution < -0.4 is 0 Å². The van der Waals surface area contributed by atoms with Crippen molar-refractivity contribution in [2.75, 3.05) is 0 Å². The van der Waals surface area contributed by atoms with Crippen LogP contribution in [0.3, 0.4) is 0 Å². The molecule has 5 heteroatoms. The predicted octanol–water partition coefficient (Wildman–Crippen LogP) is 3.77. The molecule has 0 fully saturated rings. The van der Waals surface area contributed by atoms with E-state index in [2.05, 4.69) is 38.0 Å². The molecule has 0 saturated heterocycles. The topological polar surface area (TPSA) is 25.8 Å². The summed E-state index contributed by atoms with van der Waals surface area (Å²) in [5.41, 5.74) is 2.17. The minimum Gasteiger partial charge on any atom is -0.210 e. The molecule has 2 nitrogen and oxygen atoms in total. The number of aryl methyl sites for hydroxylation is 1. The molecule has 2 rings (SSSR count). The second-order valence-corrected chi connectivity index (χ2v) is 5.04. The minimum absolute atomic E-state index is 0.741. The Morgan fingerprint density at radius 3 is 2.71 bits per heavy atom. The summed E-state index contributed by atoms with van der Waals surface area (Å²) in [5, 5.41) is 1.66. The average Bonchev–Trinajstić information content (AvgIpc) is 2.50. The first-order valence-electron chi connectivity index (χ1n) is 3.92. The second-order valence-electron chi connectivity index (χ2n) is 2.89. The maximum absolute atomic E-state index is 5.96. The van der Waals surface area contributed by atoms with Gasteiger partial charge in [-0.3, -0.25) is 0 Å². The predicted molar refractivity (Wildman–Crippen MR) is 67.8 cm³/mol. The summed E-state index contributed by atoms with van der Waals surface area (Å²) < 4.78 is 4.90. The molecule has 0 aliphatic carbocycles. The molecule has 1 heterocycles. The molecular weight excluding hydrogens is 331 g/mol. The van der Waals surface area contributed by atoms with Crippen LogP contribution >= 0.6 is 45.7 Å². The first-order valence-corrected chi connectivity index (χ1v) is 6.15. The molecule has 1 aromatic carbocycles. The Kier molecular flexibility index (Phi) is 3.04. The summed E-state index contributed by atoms with van der Waals surface area (Å²) in [7, 11) is 0. The standard InChI is InChI=1S/C9H6ClIN2S/c1-5-2-6(4-7(10)3-5)8-12-9(11)13-14-8/h2-4H,1H3. The molecule has 0 aliphatic heterocycles. The van der Waals surface area contributed by atoms with Gasteiger partial charge in [0.25, 0.3) is 0 Å². The van der Waals surface area contributed by atoms with Gasteiger partial charge in [-0.2, -0.15) is 4.37 Å². The molecule has 0 unspecified atom stereocenters. The first-order chi connectivity index (χ1) is 6.65. The Labute approximate surface area is 105 Å². The van der Waals surface area contributed by atoms with Crippen molar-refractivity contribution in [3.8, 4) is 10.6 Å². The molecule has 0 atom stereocenters. The van der Waals surface area contributed by atoms with Gasteiger partial charge in [0.15, 0.2) is 0 Å². The van der Waals surface area contributed by atoms with Crippen LogP contribution in [-0.4, -0.2) is 9.36 Å². The summed E-state index contributed by atoms with van der Waals surface area (Å²) in [5.74, 6) is 0. The Hall–Kier alpha value is -0.200. The molecule has 14 heavy (non-hydrogen) atoms. The Bertz CT molecular complexity index is 449. The van der Waals surface area contributed by atoms with Crippen molar-refractivity contribution in [1.29, 1.82) is 0 Å². The van der Waals surface area contributed by atoms with E-state index in [4.69, 9.17) is 11.6 Å². The zero-order chi connectivity index (χ0) is 10.1. The van der Waals surface area contributed by atoms with Gasteiger partial charge in [0.1, 0.15) is 5.01 Å². The fourth-order valence-corrected chi connectivity index (χ4v) is 2.73. The highest BCUT2D eigenvalue weighted by Crippen LogP contribution is 2.26. The zero-order valence-electron chi connectivity index (χ0n) is 7.29. The number of halogens is 2. The van der Waals surface area contributed by atoms with Crippen LogP contribution in [0.2, 0.25) is 5.02 Å². The number of hydrogen-bond donors (Lipinski definition) is 0. The molecular formula is C9H6ClIN2S. The third-order valence-electron chi connectivity index (χ3n) is 1.69. The Morgan fingerprint density at radius 1 is 1.36 bits per heavy atom. The van der Waals surface area contributed by atoms with Gasteiger partial charge in [-0.15, -0.1) is 0 Å². The van der Waals surface area contributed by atoms with Gasteiger partial charge < -0.3 is 0 Å². The molecule has 0 spiro atoms. The van der Waals surface area contributed by atoms with E-state index in [-0.39, 0.29) is 0 Å². The largest absolute Gasteiger partial charge is 0.210 e. The molecule has 1 aromatic heterocycles. The number of aromatic nitrogens is 2. The number of nitrogens with zero attached hydrogens (tertiary/aromatic N) is 2. The number of benzene rings is 1. The SMILES string of the molecule is Cc1cc(Cl)cc(-c2nc(I)ns2)c1. The number of rotatable bonds is 1. The van der Waals surface area contributed by atoms with Crippen molar-refractivity contribution in [2.24, 2.45) is 0 Å². The highest BCUT2D eigenvalue weighted by molar-refractivity contribution is 14.1. The van der Waals surface area contributed by atoms with E-state index < -0.39 is 0 Å². The van der Waals surface area contributed by atoms with Crippen LogP contribution in [-0.2, 0) is 0 Å². The van der Waals surface area contributed by atoms with Crippen molar-refractivity contribution >= 4 is 45.7 Å². The molecule has 2 aromatic rings. The van der Waals surface area contributed by atoms with E-state index in [9.17, 15) is 0 Å². The molecule has 0 radical (unpaired) electrons. The van der Waals surface area contributed by atoms with Crippen LogP contribution in [0.25, 0.3) is 10.6 Å². The highest BCUT2D eigenvalue weighted by atomic mass is 127. The lowest BCUT2D eigenvalue weighted by atomic mass is 10.1. The van der Waals surface area contributed by atoms with E-state index in [1.54, 1.807) is 0 Å². The normalized spacial score (nSPS) is 10.5. The van der Waals surface area contributed by atoms with Gasteiger partial charge in [0.2, 0.25) is 3.83 Å². The lowest BCUT2D eigenvalue weighted by Gasteiger charge is -1.98. The highest BCUT2D eigenvalue weighted by Gasteiger charge is 2.05. The molecule has 0 saturated carbocycles. The van der Waals surface area contributed by atoms with Crippen LogP contribution in [0.5, 0.6) is 0 Å². The van der Waals surface area contributed by atoms with E-state index >= 15 is 0 Å². The van der Waals surface area contributed by atoms with Gasteiger partial charge in [-0.05, 0) is 42.2 Å². The van der Waals surface area contributed by atoms with Crippen molar-refractivity contribution < 1.29 is 0 Å². The monoisotopic (exact) mass is 336 g/mol. The minimum atomic E-state index is 0.741. The van der Waals surface area contributed by atoms with E-state index in [1.807, 2.05) is 19.1 Å². The molecule has 0 aliphatic rings. The smallest absolute Gasteiger partial charge is 0.203 e. The number of hydrogen-bond acceptors (Lipinski definition) is 3. The van der Waals surface area contributed by atoms with E-state index in [0.29, 0.717) is 0 Å². The lowest BCUT2D eigenvalue weighted by molar-refractivity contribution is 1.25. The average molecular weight is 337 g/mol.